The van der Waals surface area contributed by atoms with Crippen LogP contribution in [0.5, 0.6) is 5.75 Å². The summed E-state index contributed by atoms with van der Waals surface area (Å²) in [5, 5.41) is 0.567. The Labute approximate surface area is 145 Å². The van der Waals surface area contributed by atoms with Gasteiger partial charge < -0.3 is 4.74 Å². The molecule has 0 spiro atoms. The predicted octanol–water partition coefficient (Wildman–Crippen LogP) is 5.83. The third kappa shape index (κ3) is 8.61. The topological polar surface area (TPSA) is 22.1 Å². The third-order valence-corrected chi connectivity index (χ3v) is 3.46. The van der Waals surface area contributed by atoms with E-state index in [2.05, 4.69) is 44.8 Å². The molecule has 2 aromatic rings. The van der Waals surface area contributed by atoms with Gasteiger partial charge in [-0.25, -0.2) is 4.98 Å². The molecule has 0 aliphatic heterocycles. The minimum Gasteiger partial charge on any atom is -0.497 e. The molecule has 1 heterocycles. The standard InChI is InChI=1S/C11H16O.C9H12ClN/c1-9(2)8-10-4-6-11(12-3)7-5-10;1-7(2)5-8-3-4-9(10)11-6-8/h4-7,9H,8H2,1-3H3;3-4,6-7H,5H2,1-2H3. The largest absolute Gasteiger partial charge is 0.497 e. The van der Waals surface area contributed by atoms with E-state index in [0.29, 0.717) is 11.1 Å². The number of hydrogen-bond acceptors (Lipinski definition) is 2. The number of ether oxygens (including phenoxy) is 1. The minimum atomic E-state index is 0.567. The molecule has 2 rings (SSSR count). The van der Waals surface area contributed by atoms with Crippen molar-refractivity contribution in [2.45, 2.75) is 40.5 Å². The zero-order chi connectivity index (χ0) is 17.2. The lowest BCUT2D eigenvalue weighted by Crippen LogP contribution is -1.93. The zero-order valence-electron chi connectivity index (χ0n) is 14.8. The summed E-state index contributed by atoms with van der Waals surface area (Å²) < 4.78 is 5.07. The van der Waals surface area contributed by atoms with Crippen LogP contribution in [0, 0.1) is 11.8 Å². The van der Waals surface area contributed by atoms with Crippen LogP contribution in [-0.4, -0.2) is 12.1 Å². The van der Waals surface area contributed by atoms with Gasteiger partial charge in [0.25, 0.3) is 0 Å². The highest BCUT2D eigenvalue weighted by atomic mass is 35.5. The number of hydrogen-bond donors (Lipinski definition) is 0. The van der Waals surface area contributed by atoms with Crippen LogP contribution in [0.25, 0.3) is 0 Å². The molecular weight excluding hydrogens is 306 g/mol. The maximum Gasteiger partial charge on any atom is 0.129 e. The Bertz CT molecular complexity index is 547. The average molecular weight is 334 g/mol. The zero-order valence-corrected chi connectivity index (χ0v) is 15.6. The molecule has 0 bridgehead atoms. The summed E-state index contributed by atoms with van der Waals surface area (Å²) in [6, 6.07) is 12.1. The number of methoxy groups -OCH3 is 1. The highest BCUT2D eigenvalue weighted by Gasteiger charge is 1.98. The summed E-state index contributed by atoms with van der Waals surface area (Å²) >= 11 is 5.64. The molecule has 23 heavy (non-hydrogen) atoms. The van der Waals surface area contributed by atoms with Crippen molar-refractivity contribution in [3.63, 3.8) is 0 Å². The van der Waals surface area contributed by atoms with Gasteiger partial charge in [-0.1, -0.05) is 57.5 Å². The molecular formula is C20H28ClNO. The highest BCUT2D eigenvalue weighted by Crippen LogP contribution is 2.14. The minimum absolute atomic E-state index is 0.567. The summed E-state index contributed by atoms with van der Waals surface area (Å²) in [5.41, 5.74) is 2.63. The van der Waals surface area contributed by atoms with Crippen molar-refractivity contribution in [1.82, 2.24) is 4.98 Å². The fraction of sp³-hybridized carbons (Fsp3) is 0.450. The Morgan fingerprint density at radius 3 is 1.83 bits per heavy atom. The van der Waals surface area contributed by atoms with Gasteiger partial charge in [-0.15, -0.1) is 0 Å². The van der Waals surface area contributed by atoms with Gasteiger partial charge in [0.15, 0.2) is 0 Å². The van der Waals surface area contributed by atoms with Gasteiger partial charge in [0.05, 0.1) is 7.11 Å². The van der Waals surface area contributed by atoms with Crippen LogP contribution >= 0.6 is 11.6 Å². The summed E-state index contributed by atoms with van der Waals surface area (Å²) in [6.45, 7) is 8.83. The van der Waals surface area contributed by atoms with E-state index in [-0.39, 0.29) is 0 Å². The monoisotopic (exact) mass is 333 g/mol. The molecule has 0 N–H and O–H groups in total. The second kappa shape index (κ2) is 10.3. The SMILES string of the molecule is CC(C)Cc1ccc(Cl)nc1.COc1ccc(CC(C)C)cc1. The summed E-state index contributed by atoms with van der Waals surface area (Å²) in [7, 11) is 1.69. The van der Waals surface area contributed by atoms with E-state index >= 15 is 0 Å². The molecule has 1 aromatic carbocycles. The van der Waals surface area contributed by atoms with Crippen molar-refractivity contribution in [1.29, 1.82) is 0 Å². The van der Waals surface area contributed by atoms with Crippen molar-refractivity contribution in [2.75, 3.05) is 7.11 Å². The summed E-state index contributed by atoms with van der Waals surface area (Å²) in [4.78, 5) is 4.00. The maximum absolute atomic E-state index is 5.64. The van der Waals surface area contributed by atoms with Crippen LogP contribution in [0.1, 0.15) is 38.8 Å². The Morgan fingerprint density at radius 2 is 1.39 bits per heavy atom. The maximum atomic E-state index is 5.64. The van der Waals surface area contributed by atoms with Crippen LogP contribution in [0.2, 0.25) is 5.15 Å². The number of aromatic nitrogens is 1. The first-order chi connectivity index (χ1) is 10.9. The Balaban J connectivity index is 0.000000231. The highest BCUT2D eigenvalue weighted by molar-refractivity contribution is 6.29. The Kier molecular flexibility index (Phi) is 8.71. The van der Waals surface area contributed by atoms with E-state index in [1.165, 1.54) is 11.1 Å². The number of pyridine rings is 1. The fourth-order valence-electron chi connectivity index (χ4n) is 2.23. The number of rotatable bonds is 5. The molecule has 0 saturated heterocycles. The van der Waals surface area contributed by atoms with E-state index in [9.17, 15) is 0 Å². The average Bonchev–Trinajstić information content (AvgIpc) is 2.50. The molecule has 0 unspecified atom stereocenters. The Morgan fingerprint density at radius 1 is 0.870 bits per heavy atom. The second-order valence-electron chi connectivity index (χ2n) is 6.53. The van der Waals surface area contributed by atoms with Crippen molar-refractivity contribution < 1.29 is 4.74 Å². The molecule has 3 heteroatoms. The van der Waals surface area contributed by atoms with Crippen molar-refractivity contribution in [3.8, 4) is 5.75 Å². The van der Waals surface area contributed by atoms with E-state index in [4.69, 9.17) is 16.3 Å². The lowest BCUT2D eigenvalue weighted by atomic mass is 10.0. The van der Waals surface area contributed by atoms with Crippen LogP contribution in [0.4, 0.5) is 0 Å². The fourth-order valence-corrected chi connectivity index (χ4v) is 2.34. The molecule has 126 valence electrons. The van der Waals surface area contributed by atoms with Crippen LogP contribution < -0.4 is 4.74 Å². The molecule has 0 amide bonds. The Hall–Kier alpha value is -1.54. The van der Waals surface area contributed by atoms with E-state index in [1.807, 2.05) is 30.5 Å². The van der Waals surface area contributed by atoms with E-state index in [1.54, 1.807) is 7.11 Å². The van der Waals surface area contributed by atoms with Crippen LogP contribution in [-0.2, 0) is 12.8 Å². The smallest absolute Gasteiger partial charge is 0.129 e. The molecule has 0 fully saturated rings. The van der Waals surface area contributed by atoms with Crippen LogP contribution in [0.15, 0.2) is 42.6 Å². The van der Waals surface area contributed by atoms with Gasteiger partial charge in [-0.2, -0.15) is 0 Å². The van der Waals surface area contributed by atoms with Gasteiger partial charge in [-0.3, -0.25) is 0 Å². The first-order valence-corrected chi connectivity index (χ1v) is 8.51. The van der Waals surface area contributed by atoms with Crippen LogP contribution in [0.3, 0.4) is 0 Å². The first-order valence-electron chi connectivity index (χ1n) is 8.14. The van der Waals surface area contributed by atoms with Crippen molar-refractivity contribution >= 4 is 11.6 Å². The molecule has 0 saturated carbocycles. The van der Waals surface area contributed by atoms with Gasteiger partial charge in [-0.05, 0) is 54.0 Å². The normalized spacial score (nSPS) is 10.4. The second-order valence-corrected chi connectivity index (χ2v) is 6.92. The lowest BCUT2D eigenvalue weighted by molar-refractivity contribution is 0.414. The number of nitrogens with zero attached hydrogens (tertiary/aromatic N) is 1. The van der Waals surface area contributed by atoms with Gasteiger partial charge in [0.2, 0.25) is 0 Å². The molecule has 2 nitrogen and oxygen atoms in total. The quantitative estimate of drug-likeness (QED) is 0.642. The predicted molar refractivity (Wildman–Crippen MR) is 99.3 cm³/mol. The molecule has 0 aliphatic carbocycles. The number of benzene rings is 1. The van der Waals surface area contributed by atoms with E-state index < -0.39 is 0 Å². The molecule has 0 aliphatic rings. The van der Waals surface area contributed by atoms with Crippen molar-refractivity contribution in [2.24, 2.45) is 11.8 Å². The summed E-state index contributed by atoms with van der Waals surface area (Å²) in [5.74, 6) is 2.33. The third-order valence-electron chi connectivity index (χ3n) is 3.24. The van der Waals surface area contributed by atoms with Gasteiger partial charge in [0.1, 0.15) is 10.9 Å². The van der Waals surface area contributed by atoms with Crippen molar-refractivity contribution in [3.05, 3.63) is 58.9 Å². The summed E-state index contributed by atoms with van der Waals surface area (Å²) in [6.07, 6.45) is 4.05. The van der Waals surface area contributed by atoms with Gasteiger partial charge >= 0.3 is 0 Å². The van der Waals surface area contributed by atoms with E-state index in [0.717, 1.165) is 24.5 Å². The first kappa shape index (κ1) is 19.5. The molecule has 0 atom stereocenters. The molecule has 0 radical (unpaired) electrons. The lowest BCUT2D eigenvalue weighted by Gasteiger charge is -2.05. The van der Waals surface area contributed by atoms with Gasteiger partial charge in [0, 0.05) is 6.20 Å². The molecule has 1 aromatic heterocycles. The number of halogens is 1.